The van der Waals surface area contributed by atoms with Gasteiger partial charge in [0.1, 0.15) is 19.0 Å². The van der Waals surface area contributed by atoms with Crippen LogP contribution in [0.1, 0.15) is 32.5 Å². The van der Waals surface area contributed by atoms with Gasteiger partial charge in [-0.25, -0.2) is 14.3 Å². The SMILES string of the molecule is C=C(C)C(=O)OCCc1[nH]cc[n+]1CCCC. The number of unbranched alkanes of at least 4 members (excludes halogenated alkanes) is 1. The first-order valence-corrected chi connectivity index (χ1v) is 6.03. The zero-order valence-electron chi connectivity index (χ0n) is 10.7. The van der Waals surface area contributed by atoms with E-state index < -0.39 is 0 Å². The van der Waals surface area contributed by atoms with Crippen molar-refractivity contribution in [2.45, 2.75) is 39.7 Å². The van der Waals surface area contributed by atoms with E-state index in [0.29, 0.717) is 18.6 Å². The Morgan fingerprint density at radius 1 is 1.59 bits per heavy atom. The fourth-order valence-corrected chi connectivity index (χ4v) is 1.51. The molecule has 0 saturated carbocycles. The van der Waals surface area contributed by atoms with Crippen LogP contribution in [0.15, 0.2) is 24.5 Å². The number of aromatic nitrogens is 2. The quantitative estimate of drug-likeness (QED) is 0.446. The molecule has 1 aromatic heterocycles. The number of ether oxygens (including phenoxy) is 1. The third kappa shape index (κ3) is 4.43. The molecule has 0 saturated heterocycles. The Morgan fingerprint density at radius 3 is 3.00 bits per heavy atom. The fourth-order valence-electron chi connectivity index (χ4n) is 1.51. The Hall–Kier alpha value is -1.58. The highest BCUT2D eigenvalue weighted by Gasteiger charge is 2.11. The second kappa shape index (κ2) is 6.89. The molecule has 0 bridgehead atoms. The van der Waals surface area contributed by atoms with Crippen molar-refractivity contribution in [2.75, 3.05) is 6.61 Å². The number of nitrogens with zero attached hydrogens (tertiary/aromatic N) is 1. The zero-order valence-corrected chi connectivity index (χ0v) is 10.7. The molecule has 0 aromatic carbocycles. The normalized spacial score (nSPS) is 10.2. The molecule has 0 amide bonds. The Kier molecular flexibility index (Phi) is 5.46. The molecule has 0 aliphatic carbocycles. The number of carbonyl (C=O) groups excluding carboxylic acids is 1. The van der Waals surface area contributed by atoms with E-state index in [1.165, 1.54) is 6.42 Å². The molecule has 1 rings (SSSR count). The van der Waals surface area contributed by atoms with Crippen molar-refractivity contribution in [1.29, 1.82) is 0 Å². The highest BCUT2D eigenvalue weighted by Crippen LogP contribution is 1.96. The second-order valence-corrected chi connectivity index (χ2v) is 4.12. The second-order valence-electron chi connectivity index (χ2n) is 4.12. The van der Waals surface area contributed by atoms with Gasteiger partial charge in [0.25, 0.3) is 5.82 Å². The highest BCUT2D eigenvalue weighted by molar-refractivity contribution is 5.86. The van der Waals surface area contributed by atoms with Gasteiger partial charge in [-0.15, -0.1) is 0 Å². The maximum Gasteiger partial charge on any atom is 0.333 e. The van der Waals surface area contributed by atoms with Crippen LogP contribution in [0.3, 0.4) is 0 Å². The first kappa shape index (κ1) is 13.5. The number of imidazole rings is 1. The van der Waals surface area contributed by atoms with Crippen molar-refractivity contribution in [3.63, 3.8) is 0 Å². The van der Waals surface area contributed by atoms with E-state index in [9.17, 15) is 4.79 Å². The van der Waals surface area contributed by atoms with Crippen LogP contribution in [-0.4, -0.2) is 17.6 Å². The van der Waals surface area contributed by atoms with Gasteiger partial charge in [-0.3, -0.25) is 0 Å². The Bertz CT molecular complexity index is 383. The van der Waals surface area contributed by atoms with Crippen LogP contribution in [0.2, 0.25) is 0 Å². The molecule has 4 nitrogen and oxygen atoms in total. The topological polar surface area (TPSA) is 46.0 Å². The van der Waals surface area contributed by atoms with Crippen molar-refractivity contribution in [2.24, 2.45) is 0 Å². The first-order valence-electron chi connectivity index (χ1n) is 6.03. The summed E-state index contributed by atoms with van der Waals surface area (Å²) in [5.41, 5.74) is 0.440. The molecule has 1 aromatic rings. The van der Waals surface area contributed by atoms with E-state index in [4.69, 9.17) is 4.74 Å². The van der Waals surface area contributed by atoms with Crippen LogP contribution in [-0.2, 0) is 22.5 Å². The average Bonchev–Trinajstić information content (AvgIpc) is 2.73. The molecular weight excluding hydrogens is 216 g/mol. The Balaban J connectivity index is 2.38. The Morgan fingerprint density at radius 2 is 2.35 bits per heavy atom. The molecule has 0 fully saturated rings. The number of aryl methyl sites for hydroxylation is 1. The average molecular weight is 237 g/mol. The summed E-state index contributed by atoms with van der Waals surface area (Å²) < 4.78 is 7.23. The molecule has 1 heterocycles. The largest absolute Gasteiger partial charge is 0.462 e. The molecule has 0 unspecified atom stereocenters. The number of rotatable bonds is 7. The molecule has 4 heteroatoms. The molecule has 17 heavy (non-hydrogen) atoms. The summed E-state index contributed by atoms with van der Waals surface area (Å²) >= 11 is 0. The summed E-state index contributed by atoms with van der Waals surface area (Å²) in [5.74, 6) is 0.768. The van der Waals surface area contributed by atoms with E-state index in [1.54, 1.807) is 6.92 Å². The minimum Gasteiger partial charge on any atom is -0.462 e. The lowest BCUT2D eigenvalue weighted by Gasteiger charge is -2.03. The van der Waals surface area contributed by atoms with Crippen LogP contribution in [0.25, 0.3) is 0 Å². The summed E-state index contributed by atoms with van der Waals surface area (Å²) in [5, 5.41) is 0. The van der Waals surface area contributed by atoms with E-state index >= 15 is 0 Å². The monoisotopic (exact) mass is 237 g/mol. The van der Waals surface area contributed by atoms with Gasteiger partial charge in [0.05, 0.1) is 13.0 Å². The molecule has 0 atom stereocenters. The third-order valence-corrected chi connectivity index (χ3v) is 2.52. The van der Waals surface area contributed by atoms with Gasteiger partial charge in [-0.2, -0.15) is 0 Å². The molecular formula is C13H21N2O2+. The van der Waals surface area contributed by atoms with E-state index in [1.807, 2.05) is 12.4 Å². The summed E-state index contributed by atoms with van der Waals surface area (Å²) in [4.78, 5) is 14.4. The third-order valence-electron chi connectivity index (χ3n) is 2.52. The Labute approximate surface area is 102 Å². The van der Waals surface area contributed by atoms with Gasteiger partial charge in [-0.05, 0) is 13.3 Å². The van der Waals surface area contributed by atoms with E-state index in [0.717, 1.165) is 18.8 Å². The van der Waals surface area contributed by atoms with Crippen LogP contribution in [0.5, 0.6) is 0 Å². The maximum atomic E-state index is 11.2. The molecule has 0 aliphatic rings. The zero-order chi connectivity index (χ0) is 12.7. The lowest BCUT2D eigenvalue weighted by atomic mass is 10.3. The number of nitrogens with one attached hydrogen (secondary N) is 1. The number of hydrogen-bond acceptors (Lipinski definition) is 2. The summed E-state index contributed by atoms with van der Waals surface area (Å²) in [6, 6.07) is 0. The molecule has 1 N–H and O–H groups in total. The molecule has 94 valence electrons. The van der Waals surface area contributed by atoms with E-state index in [2.05, 4.69) is 23.1 Å². The molecule has 0 spiro atoms. The summed E-state index contributed by atoms with van der Waals surface area (Å²) in [6.45, 7) is 8.75. The molecule has 0 aliphatic heterocycles. The van der Waals surface area contributed by atoms with Crippen molar-refractivity contribution >= 4 is 5.97 Å². The van der Waals surface area contributed by atoms with Crippen LogP contribution < -0.4 is 4.57 Å². The predicted molar refractivity (Wildman–Crippen MR) is 65.4 cm³/mol. The fraction of sp³-hybridized carbons (Fsp3) is 0.538. The summed E-state index contributed by atoms with van der Waals surface area (Å²) in [7, 11) is 0. The van der Waals surface area contributed by atoms with Crippen molar-refractivity contribution < 1.29 is 14.1 Å². The van der Waals surface area contributed by atoms with E-state index in [-0.39, 0.29) is 5.97 Å². The van der Waals surface area contributed by atoms with Crippen molar-refractivity contribution in [3.8, 4) is 0 Å². The number of aromatic amines is 1. The van der Waals surface area contributed by atoms with Gasteiger partial charge in [-0.1, -0.05) is 19.9 Å². The lowest BCUT2D eigenvalue weighted by molar-refractivity contribution is -0.703. The molecule has 0 radical (unpaired) electrons. The minimum absolute atomic E-state index is 0.323. The summed E-state index contributed by atoms with van der Waals surface area (Å²) in [6.07, 6.45) is 6.95. The predicted octanol–water partition coefficient (Wildman–Crippen LogP) is 1.76. The lowest BCUT2D eigenvalue weighted by Crippen LogP contribution is -2.36. The van der Waals surface area contributed by atoms with Gasteiger partial charge in [0.15, 0.2) is 0 Å². The van der Waals surface area contributed by atoms with Gasteiger partial charge in [0, 0.05) is 5.57 Å². The standard InChI is InChI=1S/C13H20N2O2/c1-4-5-8-15-9-7-14-12(15)6-10-17-13(16)11(2)3/h7,9H,2,4-6,8,10H2,1,3H3/p+1. The minimum atomic E-state index is -0.323. The number of carbonyl (C=O) groups is 1. The number of H-pyrrole nitrogens is 1. The van der Waals surface area contributed by atoms with Crippen molar-refractivity contribution in [1.82, 2.24) is 4.98 Å². The van der Waals surface area contributed by atoms with Crippen molar-refractivity contribution in [3.05, 3.63) is 30.4 Å². The van der Waals surface area contributed by atoms with Crippen LogP contribution in [0.4, 0.5) is 0 Å². The number of hydrogen-bond donors (Lipinski definition) is 1. The maximum absolute atomic E-state index is 11.2. The van der Waals surface area contributed by atoms with Gasteiger partial charge < -0.3 is 4.74 Å². The first-order chi connectivity index (χ1) is 8.15. The smallest absolute Gasteiger partial charge is 0.333 e. The number of esters is 1. The highest BCUT2D eigenvalue weighted by atomic mass is 16.5. The van der Waals surface area contributed by atoms with Crippen LogP contribution in [0, 0.1) is 0 Å². The van der Waals surface area contributed by atoms with Gasteiger partial charge in [0.2, 0.25) is 0 Å². The van der Waals surface area contributed by atoms with Crippen LogP contribution >= 0.6 is 0 Å². The van der Waals surface area contributed by atoms with Gasteiger partial charge >= 0.3 is 5.97 Å².